The topological polar surface area (TPSA) is 70.5 Å². The number of carboxylic acids is 1. The third-order valence-electron chi connectivity index (χ3n) is 3.30. The van der Waals surface area contributed by atoms with Crippen LogP contribution in [0.1, 0.15) is 10.4 Å². The van der Waals surface area contributed by atoms with Crippen LogP contribution in [0.25, 0.3) is 0 Å². The van der Waals surface area contributed by atoms with Crippen molar-refractivity contribution in [3.63, 3.8) is 0 Å². The number of likely N-dealkylation sites (tertiary alicyclic amines) is 1. The minimum Gasteiger partial charge on any atom is -0.481 e. The highest BCUT2D eigenvalue weighted by atomic mass is 19.4. The number of amides is 1. The number of carbonyl (C=O) groups is 2. The van der Waals surface area contributed by atoms with Crippen LogP contribution in [-0.2, 0) is 4.79 Å². The summed E-state index contributed by atoms with van der Waals surface area (Å²) in [5.41, 5.74) is -0.220. The van der Waals surface area contributed by atoms with Crippen LogP contribution >= 0.6 is 0 Å². The summed E-state index contributed by atoms with van der Waals surface area (Å²) in [6.07, 6.45) is -2.86. The first-order valence-electron chi connectivity index (χ1n) is 5.89. The molecule has 21 heavy (non-hydrogen) atoms. The zero-order valence-corrected chi connectivity index (χ0v) is 10.5. The minimum atomic E-state index is -4.72. The van der Waals surface area contributed by atoms with E-state index >= 15 is 0 Å². The number of hydrogen-bond acceptors (Lipinski definition) is 3. The van der Waals surface area contributed by atoms with Crippen LogP contribution in [0.5, 0.6) is 0 Å². The first kappa shape index (κ1) is 15.2. The Hall–Kier alpha value is -2.19. The van der Waals surface area contributed by atoms with E-state index in [1.165, 1.54) is 0 Å². The van der Waals surface area contributed by atoms with Crippen molar-refractivity contribution in [1.82, 2.24) is 9.88 Å². The van der Waals surface area contributed by atoms with E-state index in [-0.39, 0.29) is 5.56 Å². The van der Waals surface area contributed by atoms with Crippen LogP contribution in [0.15, 0.2) is 18.5 Å². The van der Waals surface area contributed by atoms with Gasteiger partial charge < -0.3 is 10.0 Å². The number of carboxylic acid groups (broad SMARTS) is 1. The zero-order chi connectivity index (χ0) is 15.8. The SMILES string of the molecule is O=C(O)[C@@H]1CN(C(=O)c2cncc(F)c2)C[C@H]1C(F)(F)F. The molecular formula is C12H10F4N2O3. The molecule has 1 saturated heterocycles. The molecule has 9 heteroatoms. The summed E-state index contributed by atoms with van der Waals surface area (Å²) in [5, 5.41) is 8.85. The van der Waals surface area contributed by atoms with Crippen molar-refractivity contribution in [1.29, 1.82) is 0 Å². The van der Waals surface area contributed by atoms with Gasteiger partial charge in [0.25, 0.3) is 5.91 Å². The van der Waals surface area contributed by atoms with Crippen molar-refractivity contribution >= 4 is 11.9 Å². The first-order chi connectivity index (χ1) is 9.70. The number of aliphatic carboxylic acids is 1. The van der Waals surface area contributed by atoms with Crippen LogP contribution in [-0.4, -0.2) is 46.1 Å². The number of alkyl halides is 3. The molecule has 114 valence electrons. The molecule has 0 saturated carbocycles. The molecule has 5 nitrogen and oxygen atoms in total. The van der Waals surface area contributed by atoms with Gasteiger partial charge in [0.1, 0.15) is 5.82 Å². The van der Waals surface area contributed by atoms with Crippen molar-refractivity contribution in [2.75, 3.05) is 13.1 Å². The van der Waals surface area contributed by atoms with E-state index in [0.29, 0.717) is 0 Å². The third kappa shape index (κ3) is 3.11. The molecule has 0 radical (unpaired) electrons. The molecule has 0 unspecified atom stereocenters. The molecule has 1 aromatic heterocycles. The molecule has 1 N–H and O–H groups in total. The molecule has 1 aromatic rings. The number of pyridine rings is 1. The van der Waals surface area contributed by atoms with Crippen molar-refractivity contribution in [2.45, 2.75) is 6.18 Å². The number of aromatic nitrogens is 1. The summed E-state index contributed by atoms with van der Waals surface area (Å²) in [6, 6.07) is 0.839. The summed E-state index contributed by atoms with van der Waals surface area (Å²) in [5.74, 6) is -7.16. The Morgan fingerprint density at radius 2 is 1.95 bits per heavy atom. The molecule has 0 aliphatic carbocycles. The molecular weight excluding hydrogens is 296 g/mol. The third-order valence-corrected chi connectivity index (χ3v) is 3.30. The highest BCUT2D eigenvalue weighted by Crippen LogP contribution is 2.38. The van der Waals surface area contributed by atoms with E-state index in [2.05, 4.69) is 4.98 Å². The van der Waals surface area contributed by atoms with Gasteiger partial charge in [-0.2, -0.15) is 13.2 Å². The maximum absolute atomic E-state index is 13.0. The fourth-order valence-electron chi connectivity index (χ4n) is 2.26. The van der Waals surface area contributed by atoms with Gasteiger partial charge in [-0.1, -0.05) is 0 Å². The molecule has 0 aromatic carbocycles. The number of hydrogen-bond donors (Lipinski definition) is 1. The minimum absolute atomic E-state index is 0.220. The van der Waals surface area contributed by atoms with Crippen LogP contribution in [0, 0.1) is 17.7 Å². The van der Waals surface area contributed by atoms with Crippen molar-refractivity contribution in [3.8, 4) is 0 Å². The van der Waals surface area contributed by atoms with E-state index < -0.39 is 48.8 Å². The van der Waals surface area contributed by atoms with E-state index in [0.717, 1.165) is 23.4 Å². The standard InChI is InChI=1S/C12H10F4N2O3/c13-7-1-6(2-17-3-7)10(19)18-4-8(11(20)21)9(5-18)12(14,15)16/h1-3,8-9H,4-5H2,(H,20,21)/t8-,9-/m1/s1. The van der Waals surface area contributed by atoms with Crippen molar-refractivity contribution < 1.29 is 32.3 Å². The van der Waals surface area contributed by atoms with Gasteiger partial charge in [-0.3, -0.25) is 14.6 Å². The van der Waals surface area contributed by atoms with Gasteiger partial charge in [-0.05, 0) is 6.07 Å². The summed E-state index contributed by atoms with van der Waals surface area (Å²) in [4.78, 5) is 27.1. The molecule has 0 bridgehead atoms. The molecule has 1 aliphatic heterocycles. The molecule has 2 atom stereocenters. The molecule has 2 rings (SSSR count). The predicted molar refractivity (Wildman–Crippen MR) is 60.8 cm³/mol. The van der Waals surface area contributed by atoms with Crippen molar-refractivity contribution in [2.24, 2.45) is 11.8 Å². The van der Waals surface area contributed by atoms with Gasteiger partial charge >= 0.3 is 12.1 Å². The largest absolute Gasteiger partial charge is 0.481 e. The lowest BCUT2D eigenvalue weighted by molar-refractivity contribution is -0.187. The van der Waals surface area contributed by atoms with Crippen LogP contribution in [0.2, 0.25) is 0 Å². The second-order valence-electron chi connectivity index (χ2n) is 4.69. The Labute approximate surface area is 116 Å². The van der Waals surface area contributed by atoms with E-state index in [9.17, 15) is 27.2 Å². The van der Waals surface area contributed by atoms with Gasteiger partial charge in [0, 0.05) is 19.3 Å². The first-order valence-corrected chi connectivity index (χ1v) is 5.89. The highest BCUT2D eigenvalue weighted by Gasteiger charge is 2.53. The average molecular weight is 306 g/mol. The zero-order valence-electron chi connectivity index (χ0n) is 10.5. The Balaban J connectivity index is 2.23. The fraction of sp³-hybridized carbons (Fsp3) is 0.417. The Morgan fingerprint density at radius 3 is 2.43 bits per heavy atom. The number of carbonyl (C=O) groups excluding carboxylic acids is 1. The van der Waals surface area contributed by atoms with E-state index in [4.69, 9.17) is 5.11 Å². The van der Waals surface area contributed by atoms with Crippen LogP contribution in [0.4, 0.5) is 17.6 Å². The molecule has 1 fully saturated rings. The average Bonchev–Trinajstić information content (AvgIpc) is 2.83. The molecule has 1 amide bonds. The van der Waals surface area contributed by atoms with Gasteiger partial charge in [-0.25, -0.2) is 4.39 Å². The van der Waals surface area contributed by atoms with E-state index in [1.54, 1.807) is 0 Å². The van der Waals surface area contributed by atoms with Gasteiger partial charge in [-0.15, -0.1) is 0 Å². The second kappa shape index (κ2) is 5.30. The summed E-state index contributed by atoms with van der Waals surface area (Å²) in [7, 11) is 0. The number of halogens is 4. The van der Waals surface area contributed by atoms with Gasteiger partial charge in [0.2, 0.25) is 0 Å². The van der Waals surface area contributed by atoms with Gasteiger partial charge in [0.05, 0.1) is 23.6 Å². The maximum Gasteiger partial charge on any atom is 0.394 e. The maximum atomic E-state index is 13.0. The molecule has 1 aliphatic rings. The summed E-state index contributed by atoms with van der Waals surface area (Å²) in [6.45, 7) is -1.34. The molecule has 0 spiro atoms. The quantitative estimate of drug-likeness (QED) is 0.842. The Kier molecular flexibility index (Phi) is 3.84. The Morgan fingerprint density at radius 1 is 1.29 bits per heavy atom. The normalized spacial score (nSPS) is 22.4. The number of rotatable bonds is 2. The smallest absolute Gasteiger partial charge is 0.394 e. The van der Waals surface area contributed by atoms with E-state index in [1.807, 2.05) is 0 Å². The van der Waals surface area contributed by atoms with Crippen LogP contribution in [0.3, 0.4) is 0 Å². The monoisotopic (exact) mass is 306 g/mol. The Bertz CT molecular complexity index is 576. The fourth-order valence-corrected chi connectivity index (χ4v) is 2.26. The lowest BCUT2D eigenvalue weighted by atomic mass is 9.96. The summed E-state index contributed by atoms with van der Waals surface area (Å²) >= 11 is 0. The highest BCUT2D eigenvalue weighted by molar-refractivity contribution is 5.94. The van der Waals surface area contributed by atoms with Gasteiger partial charge in [0.15, 0.2) is 0 Å². The lowest BCUT2D eigenvalue weighted by Crippen LogP contribution is -2.34. The lowest BCUT2D eigenvalue weighted by Gasteiger charge is -2.18. The molecule has 2 heterocycles. The van der Waals surface area contributed by atoms with Crippen molar-refractivity contribution in [3.05, 3.63) is 29.8 Å². The van der Waals surface area contributed by atoms with Crippen LogP contribution < -0.4 is 0 Å². The second-order valence-corrected chi connectivity index (χ2v) is 4.69. The predicted octanol–water partition coefficient (Wildman–Crippen LogP) is 1.56. The number of nitrogens with zero attached hydrogens (tertiary/aromatic N) is 2. The summed E-state index contributed by atoms with van der Waals surface area (Å²) < 4.78 is 51.4.